The molecule has 0 aliphatic heterocycles. The number of nitrogens with zero attached hydrogens (tertiary/aromatic N) is 3. The highest BCUT2D eigenvalue weighted by Crippen LogP contribution is 2.29. The number of rotatable bonds is 6. The van der Waals surface area contributed by atoms with Gasteiger partial charge in [-0.05, 0) is 12.1 Å². The highest BCUT2D eigenvalue weighted by atomic mass is 32.2. The summed E-state index contributed by atoms with van der Waals surface area (Å²) in [5.74, 6) is 0.0797. The molecular formula is C17H14N4O4S. The van der Waals surface area contributed by atoms with Gasteiger partial charge < -0.3 is 10.1 Å². The molecule has 0 radical (unpaired) electrons. The summed E-state index contributed by atoms with van der Waals surface area (Å²) in [6, 6.07) is 11.6. The molecule has 8 nitrogen and oxygen atoms in total. The van der Waals surface area contributed by atoms with Crippen molar-refractivity contribution in [3.8, 4) is 5.75 Å². The molecule has 2 aromatic carbocycles. The van der Waals surface area contributed by atoms with Gasteiger partial charge in [0.1, 0.15) is 17.1 Å². The van der Waals surface area contributed by atoms with Gasteiger partial charge in [-0.2, -0.15) is 0 Å². The van der Waals surface area contributed by atoms with Crippen LogP contribution in [-0.2, 0) is 4.79 Å². The van der Waals surface area contributed by atoms with E-state index in [9.17, 15) is 14.9 Å². The number of non-ortho nitro benzene ring substituents is 1. The lowest BCUT2D eigenvalue weighted by Crippen LogP contribution is -2.15. The summed E-state index contributed by atoms with van der Waals surface area (Å²) in [7, 11) is 1.39. The van der Waals surface area contributed by atoms with E-state index in [1.165, 1.54) is 43.4 Å². The second-order valence-corrected chi connectivity index (χ2v) is 6.14. The molecule has 9 heteroatoms. The molecule has 0 aliphatic carbocycles. The molecule has 1 amide bonds. The van der Waals surface area contributed by atoms with Crippen LogP contribution in [-0.4, -0.2) is 33.7 Å². The van der Waals surface area contributed by atoms with Crippen LogP contribution in [0, 0.1) is 10.1 Å². The number of methoxy groups -OCH3 is 1. The van der Waals surface area contributed by atoms with Crippen LogP contribution < -0.4 is 10.1 Å². The van der Waals surface area contributed by atoms with Crippen molar-refractivity contribution in [3.05, 3.63) is 58.9 Å². The SMILES string of the molecule is COc1cc([N+](=O)[O-])ccc1NC(=O)CSc1ncnc2ccccc12. The maximum atomic E-state index is 12.2. The molecule has 0 saturated heterocycles. The fourth-order valence-electron chi connectivity index (χ4n) is 2.31. The van der Waals surface area contributed by atoms with Crippen LogP contribution in [0.4, 0.5) is 11.4 Å². The summed E-state index contributed by atoms with van der Waals surface area (Å²) in [5, 5.41) is 15.1. The van der Waals surface area contributed by atoms with E-state index in [1.54, 1.807) is 0 Å². The Balaban J connectivity index is 1.70. The van der Waals surface area contributed by atoms with Gasteiger partial charge in [-0.1, -0.05) is 30.0 Å². The second kappa shape index (κ2) is 7.79. The van der Waals surface area contributed by atoms with Crippen LogP contribution in [0.15, 0.2) is 53.8 Å². The molecular weight excluding hydrogens is 356 g/mol. The average Bonchev–Trinajstić information content (AvgIpc) is 2.66. The Morgan fingerprint density at radius 3 is 2.85 bits per heavy atom. The van der Waals surface area contributed by atoms with Crippen molar-refractivity contribution in [2.45, 2.75) is 5.03 Å². The molecule has 3 aromatic rings. The molecule has 0 unspecified atom stereocenters. The minimum absolute atomic E-state index is 0.110. The van der Waals surface area contributed by atoms with Crippen molar-refractivity contribution in [2.75, 3.05) is 18.2 Å². The first kappa shape index (κ1) is 17.6. The molecule has 0 aliphatic rings. The first-order chi connectivity index (χ1) is 12.6. The van der Waals surface area contributed by atoms with Crippen molar-refractivity contribution in [3.63, 3.8) is 0 Å². The highest BCUT2D eigenvalue weighted by molar-refractivity contribution is 8.00. The van der Waals surface area contributed by atoms with E-state index in [1.807, 2.05) is 24.3 Å². The number of para-hydroxylation sites is 1. The van der Waals surface area contributed by atoms with Crippen molar-refractivity contribution < 1.29 is 14.5 Å². The fraction of sp³-hybridized carbons (Fsp3) is 0.118. The predicted octanol–water partition coefficient (Wildman–Crippen LogP) is 3.28. The van der Waals surface area contributed by atoms with Gasteiger partial charge in [0.15, 0.2) is 0 Å². The number of nitro benzene ring substituents is 1. The van der Waals surface area contributed by atoms with Gasteiger partial charge in [0.25, 0.3) is 5.69 Å². The molecule has 0 bridgehead atoms. The Hall–Kier alpha value is -3.20. The van der Waals surface area contributed by atoms with Gasteiger partial charge in [-0.15, -0.1) is 0 Å². The smallest absolute Gasteiger partial charge is 0.273 e. The van der Waals surface area contributed by atoms with Crippen LogP contribution >= 0.6 is 11.8 Å². The average molecular weight is 370 g/mol. The lowest BCUT2D eigenvalue weighted by molar-refractivity contribution is -0.384. The number of fused-ring (bicyclic) bond motifs is 1. The summed E-state index contributed by atoms with van der Waals surface area (Å²) >= 11 is 1.29. The molecule has 1 aromatic heterocycles. The third kappa shape index (κ3) is 3.89. The molecule has 0 fully saturated rings. The van der Waals surface area contributed by atoms with Gasteiger partial charge in [0.2, 0.25) is 5.91 Å². The minimum Gasteiger partial charge on any atom is -0.494 e. The van der Waals surface area contributed by atoms with E-state index in [4.69, 9.17) is 4.74 Å². The van der Waals surface area contributed by atoms with Crippen LogP contribution in [0.1, 0.15) is 0 Å². The molecule has 3 rings (SSSR count). The Bertz CT molecular complexity index is 975. The normalized spacial score (nSPS) is 10.5. The molecule has 26 heavy (non-hydrogen) atoms. The van der Waals surface area contributed by atoms with E-state index in [0.29, 0.717) is 10.7 Å². The zero-order valence-corrected chi connectivity index (χ0v) is 14.5. The summed E-state index contributed by atoms with van der Waals surface area (Å²) in [6.45, 7) is 0. The number of carbonyl (C=O) groups is 1. The zero-order valence-electron chi connectivity index (χ0n) is 13.7. The number of anilines is 1. The number of ether oxygens (including phenoxy) is 1. The first-order valence-corrected chi connectivity index (χ1v) is 8.52. The van der Waals surface area contributed by atoms with Crippen LogP contribution in [0.25, 0.3) is 10.9 Å². The largest absolute Gasteiger partial charge is 0.494 e. The maximum Gasteiger partial charge on any atom is 0.273 e. The standard InChI is InChI=1S/C17H14N4O4S/c1-25-15-8-11(21(23)24)6-7-14(15)20-16(22)9-26-17-12-4-2-3-5-13(12)18-10-19-17/h2-8,10H,9H2,1H3,(H,20,22). The minimum atomic E-state index is -0.524. The number of nitro groups is 1. The molecule has 0 spiro atoms. The Labute approximate surface area is 152 Å². The fourth-order valence-corrected chi connectivity index (χ4v) is 3.10. The lowest BCUT2D eigenvalue weighted by Gasteiger charge is -2.10. The zero-order chi connectivity index (χ0) is 18.5. The number of thioether (sulfide) groups is 1. The number of carbonyl (C=O) groups excluding carboxylic acids is 1. The van der Waals surface area contributed by atoms with Gasteiger partial charge in [-0.25, -0.2) is 9.97 Å². The van der Waals surface area contributed by atoms with Crippen molar-refractivity contribution in [1.29, 1.82) is 0 Å². The highest BCUT2D eigenvalue weighted by Gasteiger charge is 2.14. The summed E-state index contributed by atoms with van der Waals surface area (Å²) < 4.78 is 5.11. The van der Waals surface area contributed by atoms with E-state index in [2.05, 4.69) is 15.3 Å². The summed E-state index contributed by atoms with van der Waals surface area (Å²) in [6.07, 6.45) is 1.46. The third-order valence-electron chi connectivity index (χ3n) is 3.52. The van der Waals surface area contributed by atoms with E-state index >= 15 is 0 Å². The molecule has 0 atom stereocenters. The second-order valence-electron chi connectivity index (χ2n) is 5.17. The van der Waals surface area contributed by atoms with Gasteiger partial charge in [-0.3, -0.25) is 14.9 Å². The van der Waals surface area contributed by atoms with Crippen molar-refractivity contribution in [2.24, 2.45) is 0 Å². The number of nitrogens with one attached hydrogen (secondary N) is 1. The van der Waals surface area contributed by atoms with Gasteiger partial charge >= 0.3 is 0 Å². The molecule has 0 saturated carbocycles. The number of aromatic nitrogens is 2. The Morgan fingerprint density at radius 1 is 1.27 bits per heavy atom. The number of hydrogen-bond donors (Lipinski definition) is 1. The summed E-state index contributed by atoms with van der Waals surface area (Å²) in [4.78, 5) is 30.9. The first-order valence-electron chi connectivity index (χ1n) is 7.53. The van der Waals surface area contributed by atoms with Crippen molar-refractivity contribution >= 4 is 39.9 Å². The van der Waals surface area contributed by atoms with E-state index < -0.39 is 4.92 Å². The summed E-state index contributed by atoms with van der Waals surface area (Å²) in [5.41, 5.74) is 1.07. The van der Waals surface area contributed by atoms with Crippen LogP contribution in [0.3, 0.4) is 0 Å². The van der Waals surface area contributed by atoms with E-state index in [-0.39, 0.29) is 23.1 Å². The van der Waals surface area contributed by atoms with Crippen LogP contribution in [0.2, 0.25) is 0 Å². The lowest BCUT2D eigenvalue weighted by atomic mass is 10.2. The predicted molar refractivity (Wildman–Crippen MR) is 98.5 cm³/mol. The van der Waals surface area contributed by atoms with Crippen LogP contribution in [0.5, 0.6) is 5.75 Å². The van der Waals surface area contributed by atoms with Gasteiger partial charge in [0, 0.05) is 11.5 Å². The molecule has 132 valence electrons. The maximum absolute atomic E-state index is 12.2. The third-order valence-corrected chi connectivity index (χ3v) is 4.52. The van der Waals surface area contributed by atoms with Crippen molar-refractivity contribution in [1.82, 2.24) is 9.97 Å². The number of hydrogen-bond acceptors (Lipinski definition) is 7. The number of amides is 1. The quantitative estimate of drug-likeness (QED) is 0.307. The Kier molecular flexibility index (Phi) is 5.28. The topological polar surface area (TPSA) is 107 Å². The molecule has 1 heterocycles. The number of benzene rings is 2. The molecule has 1 N–H and O–H groups in total. The van der Waals surface area contributed by atoms with E-state index in [0.717, 1.165) is 10.9 Å². The van der Waals surface area contributed by atoms with Gasteiger partial charge in [0.05, 0.1) is 35.1 Å². The monoisotopic (exact) mass is 370 g/mol. The Morgan fingerprint density at radius 2 is 2.08 bits per heavy atom.